The van der Waals surface area contributed by atoms with Gasteiger partial charge in [-0.05, 0) is 52.5 Å². The second-order valence-corrected chi connectivity index (χ2v) is 6.14. The number of nitrogens with one attached hydrogen (secondary N) is 1. The van der Waals surface area contributed by atoms with Crippen LogP contribution in [0.2, 0.25) is 0 Å². The molecule has 0 aromatic heterocycles. The molecule has 2 aromatic carbocycles. The molecule has 0 aliphatic carbocycles. The summed E-state index contributed by atoms with van der Waals surface area (Å²) in [5, 5.41) is 3.15. The summed E-state index contributed by atoms with van der Waals surface area (Å²) in [6, 6.07) is 10.6. The fourth-order valence-electron chi connectivity index (χ4n) is 1.79. The Morgan fingerprint density at radius 3 is 2.70 bits per heavy atom. The van der Waals surface area contributed by atoms with E-state index in [0.29, 0.717) is 15.1 Å². The first kappa shape index (κ1) is 15.3. The van der Waals surface area contributed by atoms with Crippen molar-refractivity contribution in [3.63, 3.8) is 0 Å². The van der Waals surface area contributed by atoms with Gasteiger partial charge in [-0.3, -0.25) is 0 Å². The molecule has 0 aliphatic heterocycles. The molecule has 0 unspecified atom stereocenters. The van der Waals surface area contributed by atoms with Gasteiger partial charge in [-0.15, -0.1) is 11.8 Å². The van der Waals surface area contributed by atoms with E-state index in [1.165, 1.54) is 6.07 Å². The van der Waals surface area contributed by atoms with Crippen LogP contribution in [0.25, 0.3) is 0 Å². The third kappa shape index (κ3) is 3.31. The maximum atomic E-state index is 13.5. The molecule has 2 rings (SSSR count). The molecule has 0 radical (unpaired) electrons. The molecule has 0 aliphatic rings. The highest BCUT2D eigenvalue weighted by molar-refractivity contribution is 9.10. The minimum Gasteiger partial charge on any atom is -0.389 e. The predicted octanol–water partition coefficient (Wildman–Crippen LogP) is 4.69. The van der Waals surface area contributed by atoms with Crippen molar-refractivity contribution < 1.29 is 4.39 Å². The van der Waals surface area contributed by atoms with E-state index in [0.717, 1.165) is 16.1 Å². The number of thiocarbonyl (C=S) groups is 1. The van der Waals surface area contributed by atoms with Gasteiger partial charge in [0.2, 0.25) is 0 Å². The van der Waals surface area contributed by atoms with Crippen molar-refractivity contribution in [3.8, 4) is 0 Å². The first-order chi connectivity index (χ1) is 9.52. The van der Waals surface area contributed by atoms with Crippen LogP contribution in [0.3, 0.4) is 0 Å². The van der Waals surface area contributed by atoms with Gasteiger partial charge < -0.3 is 11.1 Å². The second kappa shape index (κ2) is 6.56. The number of thioether (sulfide) groups is 1. The molecule has 6 heteroatoms. The van der Waals surface area contributed by atoms with E-state index < -0.39 is 0 Å². The molecule has 2 nitrogen and oxygen atoms in total. The Hall–Kier alpha value is -1.11. The van der Waals surface area contributed by atoms with Crippen molar-refractivity contribution in [2.24, 2.45) is 5.73 Å². The normalized spacial score (nSPS) is 10.3. The van der Waals surface area contributed by atoms with Crippen LogP contribution in [0.1, 0.15) is 5.56 Å². The first-order valence-electron chi connectivity index (χ1n) is 5.72. The monoisotopic (exact) mass is 370 g/mol. The van der Waals surface area contributed by atoms with Gasteiger partial charge >= 0.3 is 0 Å². The largest absolute Gasteiger partial charge is 0.389 e. The molecule has 0 bridgehead atoms. The molecule has 0 amide bonds. The molecule has 20 heavy (non-hydrogen) atoms. The van der Waals surface area contributed by atoms with Crippen molar-refractivity contribution in [2.45, 2.75) is 4.90 Å². The van der Waals surface area contributed by atoms with Gasteiger partial charge in [0.15, 0.2) is 0 Å². The molecular weight excluding hydrogens is 359 g/mol. The lowest BCUT2D eigenvalue weighted by atomic mass is 10.1. The lowest BCUT2D eigenvalue weighted by Crippen LogP contribution is -2.13. The number of hydrogen-bond acceptors (Lipinski definition) is 3. The van der Waals surface area contributed by atoms with Crippen molar-refractivity contribution in [3.05, 3.63) is 52.3 Å². The Morgan fingerprint density at radius 2 is 2.10 bits per heavy atom. The Labute approximate surface area is 135 Å². The van der Waals surface area contributed by atoms with Crippen LogP contribution in [0.4, 0.5) is 15.8 Å². The number of nitrogens with two attached hydrogens (primary N) is 1. The Kier molecular flexibility index (Phi) is 5.01. The molecule has 0 saturated heterocycles. The van der Waals surface area contributed by atoms with Crippen LogP contribution in [0.5, 0.6) is 0 Å². The molecule has 0 saturated carbocycles. The molecule has 0 spiro atoms. The summed E-state index contributed by atoms with van der Waals surface area (Å²) >= 11 is 9.80. The van der Waals surface area contributed by atoms with Crippen molar-refractivity contribution in [2.75, 3.05) is 11.6 Å². The van der Waals surface area contributed by atoms with Gasteiger partial charge in [0.05, 0.1) is 4.47 Å². The van der Waals surface area contributed by atoms with E-state index in [9.17, 15) is 4.39 Å². The Morgan fingerprint density at radius 1 is 1.35 bits per heavy atom. The molecule has 0 fully saturated rings. The van der Waals surface area contributed by atoms with E-state index in [-0.39, 0.29) is 5.82 Å². The molecule has 3 N–H and O–H groups in total. The van der Waals surface area contributed by atoms with E-state index in [1.54, 1.807) is 23.9 Å². The average Bonchev–Trinajstić information content (AvgIpc) is 2.42. The van der Waals surface area contributed by atoms with Gasteiger partial charge in [0.25, 0.3) is 0 Å². The predicted molar refractivity (Wildman–Crippen MR) is 91.5 cm³/mol. The summed E-state index contributed by atoms with van der Waals surface area (Å²) < 4.78 is 14.0. The van der Waals surface area contributed by atoms with Crippen molar-refractivity contribution in [1.82, 2.24) is 0 Å². The zero-order valence-electron chi connectivity index (χ0n) is 10.6. The van der Waals surface area contributed by atoms with Crippen LogP contribution in [-0.4, -0.2) is 11.2 Å². The van der Waals surface area contributed by atoms with E-state index in [2.05, 4.69) is 21.2 Å². The highest BCUT2D eigenvalue weighted by Crippen LogP contribution is 2.30. The number of benzene rings is 2. The summed E-state index contributed by atoms with van der Waals surface area (Å²) in [5.41, 5.74) is 7.98. The fourth-order valence-corrected chi connectivity index (χ4v) is 2.96. The van der Waals surface area contributed by atoms with Gasteiger partial charge in [0, 0.05) is 21.8 Å². The second-order valence-electron chi connectivity index (χ2n) is 4.00. The average molecular weight is 371 g/mol. The third-order valence-corrected chi connectivity index (χ3v) is 4.32. The lowest BCUT2D eigenvalue weighted by molar-refractivity contribution is 0.622. The van der Waals surface area contributed by atoms with E-state index in [4.69, 9.17) is 18.0 Å². The van der Waals surface area contributed by atoms with E-state index in [1.807, 2.05) is 24.5 Å². The molecule has 2 aromatic rings. The van der Waals surface area contributed by atoms with Gasteiger partial charge in [0.1, 0.15) is 10.8 Å². The number of halogens is 2. The van der Waals surface area contributed by atoms with Gasteiger partial charge in [-0.25, -0.2) is 4.39 Å². The van der Waals surface area contributed by atoms with Crippen LogP contribution in [-0.2, 0) is 0 Å². The summed E-state index contributed by atoms with van der Waals surface area (Å²) in [5.74, 6) is -0.326. The SMILES string of the molecule is CSc1cccc(Nc2ccc(Br)c(F)c2)c1C(N)=S. The zero-order valence-corrected chi connectivity index (χ0v) is 13.8. The fraction of sp³-hybridized carbons (Fsp3) is 0.0714. The maximum absolute atomic E-state index is 13.5. The molecule has 0 heterocycles. The van der Waals surface area contributed by atoms with Gasteiger partial charge in [-0.1, -0.05) is 18.3 Å². The highest BCUT2D eigenvalue weighted by Gasteiger charge is 2.11. The molecule has 104 valence electrons. The van der Waals surface area contributed by atoms with Crippen LogP contribution in [0.15, 0.2) is 45.8 Å². The number of rotatable bonds is 4. The number of hydrogen-bond donors (Lipinski definition) is 2. The third-order valence-electron chi connectivity index (χ3n) is 2.69. The van der Waals surface area contributed by atoms with Crippen molar-refractivity contribution in [1.29, 1.82) is 0 Å². The minimum atomic E-state index is -0.326. The molecule has 0 atom stereocenters. The summed E-state index contributed by atoms with van der Waals surface area (Å²) in [4.78, 5) is 1.30. The molecular formula is C14H12BrFN2S2. The Bertz CT molecular complexity index is 662. The topological polar surface area (TPSA) is 38.0 Å². The smallest absolute Gasteiger partial charge is 0.139 e. The Balaban J connectivity index is 2.42. The van der Waals surface area contributed by atoms with Crippen LogP contribution < -0.4 is 11.1 Å². The zero-order chi connectivity index (χ0) is 14.7. The summed E-state index contributed by atoms with van der Waals surface area (Å²) in [6.07, 6.45) is 1.96. The highest BCUT2D eigenvalue weighted by atomic mass is 79.9. The van der Waals surface area contributed by atoms with Crippen LogP contribution in [0, 0.1) is 5.82 Å². The summed E-state index contributed by atoms with van der Waals surface area (Å²) in [6.45, 7) is 0. The standard InChI is InChI=1S/C14H12BrFN2S2/c1-20-12-4-2-3-11(13(12)14(17)19)18-8-5-6-9(15)10(16)7-8/h2-7,18H,1H3,(H2,17,19). The van der Waals surface area contributed by atoms with Crippen molar-refractivity contribution >= 4 is 56.3 Å². The quantitative estimate of drug-likeness (QED) is 0.604. The minimum absolute atomic E-state index is 0.315. The number of anilines is 2. The maximum Gasteiger partial charge on any atom is 0.139 e. The first-order valence-corrected chi connectivity index (χ1v) is 8.14. The van der Waals surface area contributed by atoms with Gasteiger partial charge in [-0.2, -0.15) is 0 Å². The summed E-state index contributed by atoms with van der Waals surface area (Å²) in [7, 11) is 0. The van der Waals surface area contributed by atoms with E-state index >= 15 is 0 Å². The lowest BCUT2D eigenvalue weighted by Gasteiger charge is -2.14. The van der Waals surface area contributed by atoms with Crippen LogP contribution >= 0.6 is 39.9 Å².